The molecular weight excluding hydrogens is 284 g/mol. The summed E-state index contributed by atoms with van der Waals surface area (Å²) in [5.74, 6) is -0.549. The van der Waals surface area contributed by atoms with E-state index in [9.17, 15) is 4.79 Å². The number of aryl methyl sites for hydroxylation is 1. The van der Waals surface area contributed by atoms with Crippen LogP contribution in [0.4, 0.5) is 0 Å². The lowest BCUT2D eigenvalue weighted by atomic mass is 10.0. The Morgan fingerprint density at radius 1 is 1.24 bits per heavy atom. The van der Waals surface area contributed by atoms with Crippen molar-refractivity contribution in [2.45, 2.75) is 6.92 Å². The summed E-state index contributed by atoms with van der Waals surface area (Å²) in [5.41, 5.74) is 9.01. The van der Waals surface area contributed by atoms with Crippen LogP contribution in [0.15, 0.2) is 42.0 Å². The topological polar surface area (TPSA) is 81.8 Å². The predicted octanol–water partition coefficient (Wildman–Crippen LogP) is 2.67. The van der Waals surface area contributed by atoms with Gasteiger partial charge in [-0.1, -0.05) is 6.07 Å². The quantitative estimate of drug-likeness (QED) is 0.805. The lowest BCUT2D eigenvalue weighted by molar-refractivity contribution is 0.0995. The first-order chi connectivity index (χ1) is 10.1. The van der Waals surface area contributed by atoms with E-state index in [0.29, 0.717) is 0 Å². The van der Waals surface area contributed by atoms with Crippen LogP contribution in [0.25, 0.3) is 21.8 Å². The zero-order valence-electron chi connectivity index (χ0n) is 11.3. The number of hydrogen-bond donors (Lipinski definition) is 1. The first-order valence-electron chi connectivity index (χ1n) is 6.29. The van der Waals surface area contributed by atoms with E-state index in [1.54, 1.807) is 29.8 Å². The number of rotatable bonds is 3. The summed E-state index contributed by atoms with van der Waals surface area (Å²) in [6.45, 7) is 1.94. The van der Waals surface area contributed by atoms with Gasteiger partial charge in [0.1, 0.15) is 16.4 Å². The highest BCUT2D eigenvalue weighted by molar-refractivity contribution is 7.13. The molecule has 0 radical (unpaired) electrons. The Bertz CT molecular complexity index is 813. The minimum atomic E-state index is -0.549. The zero-order chi connectivity index (χ0) is 14.8. The number of thiazole rings is 1. The molecule has 0 aromatic carbocycles. The lowest BCUT2D eigenvalue weighted by Crippen LogP contribution is -2.12. The Morgan fingerprint density at radius 3 is 2.81 bits per heavy atom. The first-order valence-corrected chi connectivity index (χ1v) is 7.17. The molecule has 0 aliphatic heterocycles. The van der Waals surface area contributed by atoms with E-state index in [1.807, 2.05) is 30.5 Å². The van der Waals surface area contributed by atoms with Gasteiger partial charge in [0.25, 0.3) is 5.91 Å². The summed E-state index contributed by atoms with van der Waals surface area (Å²) in [6, 6.07) is 7.29. The van der Waals surface area contributed by atoms with Gasteiger partial charge in [0.05, 0.1) is 0 Å². The van der Waals surface area contributed by atoms with Crippen LogP contribution in [0.1, 0.15) is 16.2 Å². The number of pyridine rings is 2. The number of hydrogen-bond acceptors (Lipinski definition) is 5. The number of carbonyl (C=O) groups excluding carboxylic acids is 1. The van der Waals surface area contributed by atoms with Gasteiger partial charge in [0.15, 0.2) is 0 Å². The van der Waals surface area contributed by atoms with Crippen LogP contribution in [0.3, 0.4) is 0 Å². The minimum absolute atomic E-state index is 0.234. The molecule has 0 spiro atoms. The van der Waals surface area contributed by atoms with Crippen molar-refractivity contribution >= 4 is 17.2 Å². The van der Waals surface area contributed by atoms with Gasteiger partial charge in [-0.05, 0) is 30.7 Å². The molecule has 3 aromatic rings. The molecule has 104 valence electrons. The van der Waals surface area contributed by atoms with Crippen molar-refractivity contribution in [3.05, 3.63) is 53.4 Å². The number of amides is 1. The van der Waals surface area contributed by atoms with Gasteiger partial charge in [0, 0.05) is 29.0 Å². The summed E-state index contributed by atoms with van der Waals surface area (Å²) < 4.78 is 0. The number of nitrogens with zero attached hydrogens (tertiary/aromatic N) is 3. The number of primary amides is 1. The standard InChI is InChI=1S/C15H12N4OS/c1-9-8-21-15(19-9)13-11(3-2-5-18-13)10-4-6-17-12(7-10)14(16)20/h2-8H,1H3,(H2,16,20). The fourth-order valence-electron chi connectivity index (χ4n) is 2.00. The number of nitrogens with two attached hydrogens (primary N) is 1. The van der Waals surface area contributed by atoms with Crippen molar-refractivity contribution in [1.82, 2.24) is 15.0 Å². The Balaban J connectivity index is 2.15. The van der Waals surface area contributed by atoms with Crippen LogP contribution in [-0.2, 0) is 0 Å². The maximum absolute atomic E-state index is 11.3. The molecule has 0 saturated heterocycles. The molecule has 6 heteroatoms. The molecule has 3 aromatic heterocycles. The van der Waals surface area contributed by atoms with Gasteiger partial charge < -0.3 is 5.73 Å². The second-order valence-electron chi connectivity index (χ2n) is 4.49. The summed E-state index contributed by atoms with van der Waals surface area (Å²) in [6.07, 6.45) is 3.30. The molecule has 21 heavy (non-hydrogen) atoms. The third-order valence-electron chi connectivity index (χ3n) is 2.95. The van der Waals surface area contributed by atoms with Gasteiger partial charge in [0.2, 0.25) is 0 Å². The average Bonchev–Trinajstić information content (AvgIpc) is 2.94. The van der Waals surface area contributed by atoms with Gasteiger partial charge >= 0.3 is 0 Å². The summed E-state index contributed by atoms with van der Waals surface area (Å²) in [7, 11) is 0. The smallest absolute Gasteiger partial charge is 0.267 e. The maximum Gasteiger partial charge on any atom is 0.267 e. The van der Waals surface area contributed by atoms with Crippen molar-refractivity contribution in [1.29, 1.82) is 0 Å². The van der Waals surface area contributed by atoms with E-state index in [1.165, 1.54) is 0 Å². The zero-order valence-corrected chi connectivity index (χ0v) is 12.1. The van der Waals surface area contributed by atoms with Crippen molar-refractivity contribution in [3.63, 3.8) is 0 Å². The van der Waals surface area contributed by atoms with Crippen molar-refractivity contribution < 1.29 is 4.79 Å². The van der Waals surface area contributed by atoms with Gasteiger partial charge in [-0.25, -0.2) is 4.98 Å². The van der Waals surface area contributed by atoms with Crippen LogP contribution in [0, 0.1) is 6.92 Å². The van der Waals surface area contributed by atoms with Gasteiger partial charge in [-0.3, -0.25) is 14.8 Å². The highest BCUT2D eigenvalue weighted by Gasteiger charge is 2.13. The summed E-state index contributed by atoms with van der Waals surface area (Å²) >= 11 is 1.54. The Labute approximate surface area is 125 Å². The Morgan fingerprint density at radius 2 is 2.10 bits per heavy atom. The molecule has 0 aliphatic carbocycles. The third-order valence-corrected chi connectivity index (χ3v) is 3.92. The lowest BCUT2D eigenvalue weighted by Gasteiger charge is -2.07. The molecular formula is C15H12N4OS. The van der Waals surface area contributed by atoms with Crippen molar-refractivity contribution in [2.24, 2.45) is 5.73 Å². The number of aromatic nitrogens is 3. The summed E-state index contributed by atoms with van der Waals surface area (Å²) in [5, 5.41) is 2.83. The van der Waals surface area contributed by atoms with E-state index in [0.717, 1.165) is 27.5 Å². The Kier molecular flexibility index (Phi) is 3.45. The van der Waals surface area contributed by atoms with Crippen LogP contribution < -0.4 is 5.73 Å². The van der Waals surface area contributed by atoms with Crippen LogP contribution in [0.5, 0.6) is 0 Å². The van der Waals surface area contributed by atoms with Crippen LogP contribution in [-0.4, -0.2) is 20.9 Å². The Hall–Kier alpha value is -2.60. The van der Waals surface area contributed by atoms with E-state index in [2.05, 4.69) is 15.0 Å². The minimum Gasteiger partial charge on any atom is -0.364 e. The van der Waals surface area contributed by atoms with E-state index < -0.39 is 5.91 Å². The predicted molar refractivity (Wildman–Crippen MR) is 81.8 cm³/mol. The molecule has 3 heterocycles. The number of carbonyl (C=O) groups is 1. The van der Waals surface area contributed by atoms with E-state index in [-0.39, 0.29) is 5.69 Å². The molecule has 3 rings (SSSR count). The van der Waals surface area contributed by atoms with Gasteiger partial charge in [-0.15, -0.1) is 11.3 Å². The maximum atomic E-state index is 11.3. The normalized spacial score (nSPS) is 10.5. The third kappa shape index (κ3) is 2.66. The molecule has 0 saturated carbocycles. The molecule has 0 fully saturated rings. The molecule has 0 aliphatic rings. The first kappa shape index (κ1) is 13.4. The molecule has 0 atom stereocenters. The molecule has 5 nitrogen and oxygen atoms in total. The molecule has 2 N–H and O–H groups in total. The molecule has 0 unspecified atom stereocenters. The van der Waals surface area contributed by atoms with Gasteiger partial charge in [-0.2, -0.15) is 0 Å². The second-order valence-corrected chi connectivity index (χ2v) is 5.35. The fraction of sp³-hybridized carbons (Fsp3) is 0.0667. The second kappa shape index (κ2) is 5.41. The largest absolute Gasteiger partial charge is 0.364 e. The van der Waals surface area contributed by atoms with Crippen molar-refractivity contribution in [2.75, 3.05) is 0 Å². The molecule has 0 bridgehead atoms. The molecule has 1 amide bonds. The van der Waals surface area contributed by atoms with Crippen LogP contribution >= 0.6 is 11.3 Å². The average molecular weight is 296 g/mol. The monoisotopic (exact) mass is 296 g/mol. The highest BCUT2D eigenvalue weighted by Crippen LogP contribution is 2.31. The SMILES string of the molecule is Cc1csc(-c2ncccc2-c2ccnc(C(N)=O)c2)n1. The van der Waals surface area contributed by atoms with Crippen LogP contribution in [0.2, 0.25) is 0 Å². The van der Waals surface area contributed by atoms with E-state index in [4.69, 9.17) is 5.73 Å². The summed E-state index contributed by atoms with van der Waals surface area (Å²) in [4.78, 5) is 24.1. The highest BCUT2D eigenvalue weighted by atomic mass is 32.1. The van der Waals surface area contributed by atoms with E-state index >= 15 is 0 Å². The fourth-order valence-corrected chi connectivity index (χ4v) is 2.81. The van der Waals surface area contributed by atoms with Crippen molar-refractivity contribution in [3.8, 4) is 21.8 Å².